The lowest BCUT2D eigenvalue weighted by Crippen LogP contribution is -2.24. The second-order valence-electron chi connectivity index (χ2n) is 9.40. The van der Waals surface area contributed by atoms with Crippen molar-refractivity contribution in [1.29, 1.82) is 0 Å². The average Bonchev–Trinajstić information content (AvgIpc) is 3.45. The number of fused-ring (bicyclic) bond motifs is 1. The number of rotatable bonds is 14. The highest BCUT2D eigenvalue weighted by Crippen LogP contribution is 2.41. The molecule has 1 unspecified atom stereocenters. The maximum atomic E-state index is 12.9. The molecule has 2 heterocycles. The molecule has 2 N–H and O–H groups in total. The molecule has 1 aliphatic rings. The first-order valence-electron chi connectivity index (χ1n) is 13.3. The zero-order chi connectivity index (χ0) is 25.0. The van der Waals surface area contributed by atoms with Crippen LogP contribution in [-0.4, -0.2) is 33.1 Å². The van der Waals surface area contributed by atoms with Gasteiger partial charge >= 0.3 is 0 Å². The molecule has 0 spiro atoms. The number of carbonyl (C=O) groups excluding carboxylic acids is 1. The van der Waals surface area contributed by atoms with Gasteiger partial charge in [0, 0.05) is 5.56 Å². The molecule has 192 valence electrons. The number of para-hydroxylation sites is 1. The topological polar surface area (TPSA) is 102 Å². The number of unbranched alkanes of at least 4 members (excludes halogenated alkanes) is 9. The Morgan fingerprint density at radius 3 is 2.39 bits per heavy atom. The van der Waals surface area contributed by atoms with E-state index in [-0.39, 0.29) is 12.5 Å². The predicted octanol–water partition coefficient (Wildman–Crippen LogP) is 6.43. The van der Waals surface area contributed by atoms with Gasteiger partial charge in [-0.1, -0.05) is 88.1 Å². The van der Waals surface area contributed by atoms with Crippen molar-refractivity contribution in [3.63, 3.8) is 0 Å². The van der Waals surface area contributed by atoms with Crippen LogP contribution >= 0.6 is 0 Å². The maximum Gasteiger partial charge on any atom is 0.255 e. The van der Waals surface area contributed by atoms with Gasteiger partial charge in [0.15, 0.2) is 17.6 Å². The van der Waals surface area contributed by atoms with Gasteiger partial charge in [0.25, 0.3) is 5.91 Å². The van der Waals surface area contributed by atoms with E-state index in [4.69, 9.17) is 9.47 Å². The second kappa shape index (κ2) is 13.6. The highest BCUT2D eigenvalue weighted by atomic mass is 16.6. The van der Waals surface area contributed by atoms with E-state index in [1.54, 1.807) is 12.1 Å². The van der Waals surface area contributed by atoms with Gasteiger partial charge < -0.3 is 14.8 Å². The van der Waals surface area contributed by atoms with Crippen molar-refractivity contribution in [2.75, 3.05) is 11.9 Å². The molecule has 0 aliphatic carbocycles. The summed E-state index contributed by atoms with van der Waals surface area (Å²) >= 11 is 0. The van der Waals surface area contributed by atoms with Crippen LogP contribution in [0, 0.1) is 0 Å². The Bertz CT molecular complexity index is 1070. The second-order valence-corrected chi connectivity index (χ2v) is 9.40. The third-order valence-electron chi connectivity index (χ3n) is 6.56. The zero-order valence-corrected chi connectivity index (χ0v) is 21.2. The van der Waals surface area contributed by atoms with Gasteiger partial charge in [-0.3, -0.25) is 4.79 Å². The lowest BCUT2D eigenvalue weighted by atomic mass is 10.0. The summed E-state index contributed by atoms with van der Waals surface area (Å²) in [5.74, 6) is 1.24. The average molecular weight is 492 g/mol. The number of tetrazole rings is 1. The van der Waals surface area contributed by atoms with Crippen molar-refractivity contribution in [3.8, 4) is 11.5 Å². The van der Waals surface area contributed by atoms with Gasteiger partial charge in [0.1, 0.15) is 6.61 Å². The van der Waals surface area contributed by atoms with Gasteiger partial charge in [0.05, 0.1) is 5.69 Å². The van der Waals surface area contributed by atoms with Gasteiger partial charge in [-0.15, -0.1) is 10.2 Å². The number of anilines is 1. The molecular formula is C28H37N5O3. The smallest absolute Gasteiger partial charge is 0.255 e. The van der Waals surface area contributed by atoms with E-state index in [0.717, 1.165) is 6.42 Å². The summed E-state index contributed by atoms with van der Waals surface area (Å²) in [7, 11) is 0. The van der Waals surface area contributed by atoms with Crippen molar-refractivity contribution < 1.29 is 14.3 Å². The first-order chi connectivity index (χ1) is 17.7. The van der Waals surface area contributed by atoms with Crippen molar-refractivity contribution in [2.45, 2.75) is 83.7 Å². The van der Waals surface area contributed by atoms with Crippen molar-refractivity contribution in [3.05, 3.63) is 59.4 Å². The lowest BCUT2D eigenvalue weighted by Gasteiger charge is -2.26. The van der Waals surface area contributed by atoms with E-state index in [9.17, 15) is 4.79 Å². The summed E-state index contributed by atoms with van der Waals surface area (Å²) < 4.78 is 11.8. The molecule has 0 radical (unpaired) electrons. The Hall–Kier alpha value is -3.42. The molecule has 4 rings (SSSR count). The Kier molecular flexibility index (Phi) is 9.70. The third kappa shape index (κ3) is 7.29. The molecule has 8 nitrogen and oxygen atoms in total. The molecule has 8 heteroatoms. The number of aromatic amines is 1. The lowest BCUT2D eigenvalue weighted by molar-refractivity contribution is 0.0856. The van der Waals surface area contributed by atoms with Crippen LogP contribution in [0.25, 0.3) is 0 Å². The summed E-state index contributed by atoms with van der Waals surface area (Å²) in [6, 6.07) is 13.3. The third-order valence-corrected chi connectivity index (χ3v) is 6.56. The van der Waals surface area contributed by atoms with Gasteiger partial charge in [-0.05, 0) is 42.7 Å². The number of ether oxygens (including phenoxy) is 2. The van der Waals surface area contributed by atoms with Gasteiger partial charge in [0.2, 0.25) is 5.82 Å². The largest absolute Gasteiger partial charge is 0.485 e. The van der Waals surface area contributed by atoms with E-state index in [0.29, 0.717) is 28.6 Å². The quantitative estimate of drug-likeness (QED) is 0.252. The number of carbonyl (C=O) groups is 1. The fourth-order valence-corrected chi connectivity index (χ4v) is 4.46. The number of benzene rings is 2. The SMILES string of the molecule is CCCCCCCCCCCCc1ccc(C(=O)Nc2cccc3c2OC(c2nn[nH]n2)CO3)cc1. The summed E-state index contributed by atoms with van der Waals surface area (Å²) in [6.07, 6.45) is 13.9. The number of H-pyrrole nitrogens is 1. The molecule has 0 saturated heterocycles. The van der Waals surface area contributed by atoms with E-state index in [2.05, 4.69) is 45.0 Å². The minimum atomic E-state index is -0.501. The minimum Gasteiger partial charge on any atom is -0.485 e. The first-order valence-corrected chi connectivity index (χ1v) is 13.3. The number of nitrogens with one attached hydrogen (secondary N) is 2. The van der Waals surface area contributed by atoms with E-state index < -0.39 is 6.10 Å². The number of aromatic nitrogens is 4. The Morgan fingerprint density at radius 2 is 1.69 bits per heavy atom. The van der Waals surface area contributed by atoms with Gasteiger partial charge in [-0.25, -0.2) is 0 Å². The summed E-state index contributed by atoms with van der Waals surface area (Å²) in [6.45, 7) is 2.53. The van der Waals surface area contributed by atoms with Crippen LogP contribution in [0.1, 0.15) is 99.0 Å². The predicted molar refractivity (Wildman–Crippen MR) is 139 cm³/mol. The monoisotopic (exact) mass is 491 g/mol. The minimum absolute atomic E-state index is 0.195. The maximum absolute atomic E-state index is 12.9. The van der Waals surface area contributed by atoms with Crippen LogP contribution in [0.15, 0.2) is 42.5 Å². The highest BCUT2D eigenvalue weighted by Gasteiger charge is 2.28. The fourth-order valence-electron chi connectivity index (χ4n) is 4.46. The summed E-state index contributed by atoms with van der Waals surface area (Å²) in [4.78, 5) is 12.9. The van der Waals surface area contributed by atoms with Crippen LogP contribution in [0.3, 0.4) is 0 Å². The van der Waals surface area contributed by atoms with E-state index in [1.807, 2.05) is 18.2 Å². The molecule has 0 saturated carbocycles. The van der Waals surface area contributed by atoms with Crippen LogP contribution in [0.5, 0.6) is 11.5 Å². The van der Waals surface area contributed by atoms with Gasteiger partial charge in [-0.2, -0.15) is 5.21 Å². The normalized spacial score (nSPS) is 14.5. The number of nitrogens with zero attached hydrogens (tertiary/aromatic N) is 3. The molecule has 1 atom stereocenters. The van der Waals surface area contributed by atoms with Crippen LogP contribution in [-0.2, 0) is 6.42 Å². The Morgan fingerprint density at radius 1 is 0.972 bits per heavy atom. The molecular weight excluding hydrogens is 454 g/mol. The molecule has 2 aromatic carbocycles. The van der Waals surface area contributed by atoms with Crippen LogP contribution in [0.2, 0.25) is 0 Å². The van der Waals surface area contributed by atoms with Crippen LogP contribution < -0.4 is 14.8 Å². The standard InChI is InChI=1S/C28H37N5O3/c1-2-3-4-5-6-7-8-9-10-11-13-21-16-18-22(19-17-21)28(34)29-23-14-12-15-24-26(23)36-25(20-35-24)27-30-32-33-31-27/h12,14-19,25H,2-11,13,20H2,1H3,(H,29,34)(H,30,31,32,33). The molecule has 3 aromatic rings. The van der Waals surface area contributed by atoms with Crippen molar-refractivity contribution in [2.24, 2.45) is 0 Å². The molecule has 0 fully saturated rings. The van der Waals surface area contributed by atoms with Crippen molar-refractivity contribution >= 4 is 11.6 Å². The Labute approximate surface area is 213 Å². The molecule has 1 amide bonds. The Balaban J connectivity index is 1.22. The molecule has 1 aromatic heterocycles. The number of amides is 1. The molecule has 1 aliphatic heterocycles. The van der Waals surface area contributed by atoms with E-state index in [1.165, 1.54) is 69.8 Å². The van der Waals surface area contributed by atoms with E-state index >= 15 is 0 Å². The first kappa shape index (κ1) is 25.7. The summed E-state index contributed by atoms with van der Waals surface area (Å²) in [5, 5.41) is 16.9. The number of hydrogen-bond donors (Lipinski definition) is 2. The van der Waals surface area contributed by atoms with Crippen molar-refractivity contribution in [1.82, 2.24) is 20.6 Å². The highest BCUT2D eigenvalue weighted by molar-refractivity contribution is 6.05. The number of hydrogen-bond acceptors (Lipinski definition) is 6. The number of aryl methyl sites for hydroxylation is 1. The molecule has 36 heavy (non-hydrogen) atoms. The van der Waals surface area contributed by atoms with Crippen LogP contribution in [0.4, 0.5) is 5.69 Å². The fraction of sp³-hybridized carbons (Fsp3) is 0.500. The molecule has 0 bridgehead atoms. The zero-order valence-electron chi connectivity index (χ0n) is 21.2. The summed E-state index contributed by atoms with van der Waals surface area (Å²) in [5.41, 5.74) is 2.41.